The molecule has 0 aromatic carbocycles. The summed E-state index contributed by atoms with van der Waals surface area (Å²) < 4.78 is 5.55. The largest absolute Gasteiger partial charge is 0.377 e. The van der Waals surface area contributed by atoms with Crippen molar-refractivity contribution in [1.82, 2.24) is 15.3 Å². The minimum atomic E-state index is 0.394. The molecule has 1 unspecified atom stereocenters. The van der Waals surface area contributed by atoms with Gasteiger partial charge in [0.05, 0.1) is 6.10 Å². The Kier molecular flexibility index (Phi) is 4.56. The molecular weight excluding hydrogens is 222 g/mol. The number of ether oxygens (including phenoxy) is 1. The van der Waals surface area contributed by atoms with Crippen molar-refractivity contribution in [3.05, 3.63) is 18.0 Å². The standard InChI is InChI=1S/C11H17N3OS/c1-12-5-9-6-13-11(14-7-9)16-8-10-3-2-4-15-10/h6-7,10,12H,2-5,8H2,1H3. The number of nitrogens with zero attached hydrogens (tertiary/aromatic N) is 2. The first-order chi connectivity index (χ1) is 7.88. The van der Waals surface area contributed by atoms with Gasteiger partial charge in [0.15, 0.2) is 5.16 Å². The molecule has 1 aromatic heterocycles. The number of hydrogen-bond acceptors (Lipinski definition) is 5. The summed E-state index contributed by atoms with van der Waals surface area (Å²) in [6.45, 7) is 1.73. The van der Waals surface area contributed by atoms with Crippen LogP contribution in [-0.4, -0.2) is 35.5 Å². The molecule has 1 N–H and O–H groups in total. The van der Waals surface area contributed by atoms with Crippen LogP contribution in [0.1, 0.15) is 18.4 Å². The van der Waals surface area contributed by atoms with Crippen LogP contribution in [0.25, 0.3) is 0 Å². The number of nitrogens with one attached hydrogen (secondary N) is 1. The SMILES string of the molecule is CNCc1cnc(SCC2CCCO2)nc1. The smallest absolute Gasteiger partial charge is 0.187 e. The molecule has 1 aromatic rings. The van der Waals surface area contributed by atoms with Crippen molar-refractivity contribution in [1.29, 1.82) is 0 Å². The maximum absolute atomic E-state index is 5.55. The molecule has 0 spiro atoms. The minimum Gasteiger partial charge on any atom is -0.377 e. The van der Waals surface area contributed by atoms with Crippen LogP contribution < -0.4 is 5.32 Å². The maximum Gasteiger partial charge on any atom is 0.187 e. The molecule has 5 heteroatoms. The van der Waals surface area contributed by atoms with Gasteiger partial charge in [0.1, 0.15) is 0 Å². The monoisotopic (exact) mass is 239 g/mol. The highest BCUT2D eigenvalue weighted by Crippen LogP contribution is 2.20. The molecule has 0 aliphatic carbocycles. The second-order valence-electron chi connectivity index (χ2n) is 3.85. The molecule has 2 rings (SSSR count). The second-order valence-corrected chi connectivity index (χ2v) is 4.84. The van der Waals surface area contributed by atoms with E-state index in [1.807, 2.05) is 19.4 Å². The van der Waals surface area contributed by atoms with Gasteiger partial charge in [-0.05, 0) is 19.9 Å². The van der Waals surface area contributed by atoms with E-state index >= 15 is 0 Å². The maximum atomic E-state index is 5.55. The summed E-state index contributed by atoms with van der Waals surface area (Å²) in [6, 6.07) is 0. The first-order valence-electron chi connectivity index (χ1n) is 5.58. The predicted molar refractivity (Wildman–Crippen MR) is 64.5 cm³/mol. The third-order valence-corrected chi connectivity index (χ3v) is 3.49. The fraction of sp³-hybridized carbons (Fsp3) is 0.636. The third kappa shape index (κ3) is 3.43. The van der Waals surface area contributed by atoms with Crippen LogP contribution in [0.5, 0.6) is 0 Å². The summed E-state index contributed by atoms with van der Waals surface area (Å²) in [7, 11) is 1.92. The predicted octanol–water partition coefficient (Wildman–Crippen LogP) is 1.47. The Hall–Kier alpha value is -0.650. The van der Waals surface area contributed by atoms with Crippen molar-refractivity contribution in [2.75, 3.05) is 19.4 Å². The third-order valence-electron chi connectivity index (χ3n) is 2.48. The molecule has 0 saturated carbocycles. The number of rotatable bonds is 5. The average molecular weight is 239 g/mol. The van der Waals surface area contributed by atoms with Crippen LogP contribution in [0.3, 0.4) is 0 Å². The van der Waals surface area contributed by atoms with Gasteiger partial charge in [-0.2, -0.15) is 0 Å². The highest BCUT2D eigenvalue weighted by molar-refractivity contribution is 7.99. The zero-order valence-corrected chi connectivity index (χ0v) is 10.3. The summed E-state index contributed by atoms with van der Waals surface area (Å²) in [6.07, 6.45) is 6.51. The highest BCUT2D eigenvalue weighted by Gasteiger charge is 2.15. The van der Waals surface area contributed by atoms with E-state index in [1.165, 1.54) is 12.8 Å². The van der Waals surface area contributed by atoms with Crippen LogP contribution in [0.2, 0.25) is 0 Å². The lowest BCUT2D eigenvalue weighted by molar-refractivity contribution is 0.129. The molecule has 1 atom stereocenters. The zero-order valence-electron chi connectivity index (χ0n) is 9.48. The van der Waals surface area contributed by atoms with Gasteiger partial charge in [-0.15, -0.1) is 0 Å². The van der Waals surface area contributed by atoms with Crippen molar-refractivity contribution in [3.63, 3.8) is 0 Å². The Morgan fingerprint density at radius 3 is 2.94 bits per heavy atom. The van der Waals surface area contributed by atoms with Crippen molar-refractivity contribution < 1.29 is 4.74 Å². The first-order valence-corrected chi connectivity index (χ1v) is 6.57. The molecule has 2 heterocycles. The van der Waals surface area contributed by atoms with Gasteiger partial charge in [0, 0.05) is 36.9 Å². The lowest BCUT2D eigenvalue weighted by Crippen LogP contribution is -2.09. The van der Waals surface area contributed by atoms with Gasteiger partial charge in [-0.1, -0.05) is 11.8 Å². The van der Waals surface area contributed by atoms with Crippen molar-refractivity contribution in [3.8, 4) is 0 Å². The lowest BCUT2D eigenvalue weighted by Gasteiger charge is -2.07. The van der Waals surface area contributed by atoms with E-state index in [4.69, 9.17) is 4.74 Å². The minimum absolute atomic E-state index is 0.394. The molecule has 0 radical (unpaired) electrons. The molecule has 1 saturated heterocycles. The number of aromatic nitrogens is 2. The van der Waals surface area contributed by atoms with Crippen molar-refractivity contribution >= 4 is 11.8 Å². The fourth-order valence-electron chi connectivity index (χ4n) is 1.66. The lowest BCUT2D eigenvalue weighted by atomic mass is 10.3. The van der Waals surface area contributed by atoms with Gasteiger partial charge in [-0.25, -0.2) is 9.97 Å². The molecular formula is C11H17N3OS. The Morgan fingerprint density at radius 1 is 1.50 bits per heavy atom. The van der Waals surface area contributed by atoms with E-state index in [9.17, 15) is 0 Å². The quantitative estimate of drug-likeness (QED) is 0.623. The fourth-order valence-corrected chi connectivity index (χ4v) is 2.51. The normalized spacial score (nSPS) is 20.2. The molecule has 4 nitrogen and oxygen atoms in total. The van der Waals surface area contributed by atoms with E-state index in [-0.39, 0.29) is 0 Å². The molecule has 0 bridgehead atoms. The zero-order chi connectivity index (χ0) is 11.2. The Morgan fingerprint density at radius 2 is 2.31 bits per heavy atom. The highest BCUT2D eigenvalue weighted by atomic mass is 32.2. The van der Waals surface area contributed by atoms with Gasteiger partial charge in [0.25, 0.3) is 0 Å². The van der Waals surface area contributed by atoms with Crippen LogP contribution in [0, 0.1) is 0 Å². The summed E-state index contributed by atoms with van der Waals surface area (Å²) in [5, 5.41) is 3.92. The summed E-state index contributed by atoms with van der Waals surface area (Å²) in [5.74, 6) is 0.964. The Balaban J connectivity index is 1.80. The topological polar surface area (TPSA) is 47.0 Å². The first kappa shape index (κ1) is 11.8. The van der Waals surface area contributed by atoms with Gasteiger partial charge in [0.2, 0.25) is 0 Å². The summed E-state index contributed by atoms with van der Waals surface area (Å²) in [5.41, 5.74) is 1.11. The van der Waals surface area contributed by atoms with E-state index < -0.39 is 0 Å². The summed E-state index contributed by atoms with van der Waals surface area (Å²) >= 11 is 1.68. The molecule has 1 aliphatic heterocycles. The van der Waals surface area contributed by atoms with Crippen molar-refractivity contribution in [2.45, 2.75) is 30.6 Å². The molecule has 0 amide bonds. The van der Waals surface area contributed by atoms with Gasteiger partial charge in [-0.3, -0.25) is 0 Å². The molecule has 1 aliphatic rings. The van der Waals surface area contributed by atoms with Crippen LogP contribution >= 0.6 is 11.8 Å². The van der Waals surface area contributed by atoms with Gasteiger partial charge < -0.3 is 10.1 Å². The molecule has 88 valence electrons. The van der Waals surface area contributed by atoms with Crippen LogP contribution in [0.15, 0.2) is 17.6 Å². The molecule has 1 fully saturated rings. The van der Waals surface area contributed by atoms with E-state index in [2.05, 4.69) is 15.3 Å². The number of hydrogen-bond donors (Lipinski definition) is 1. The average Bonchev–Trinajstić information content (AvgIpc) is 2.82. The number of thioether (sulfide) groups is 1. The molecule has 16 heavy (non-hydrogen) atoms. The Labute approximate surface area is 100 Å². The van der Waals surface area contributed by atoms with Crippen LogP contribution in [-0.2, 0) is 11.3 Å². The second kappa shape index (κ2) is 6.18. The van der Waals surface area contributed by atoms with Gasteiger partial charge >= 0.3 is 0 Å². The van der Waals surface area contributed by atoms with E-state index in [1.54, 1.807) is 11.8 Å². The van der Waals surface area contributed by atoms with Crippen LogP contribution in [0.4, 0.5) is 0 Å². The summed E-state index contributed by atoms with van der Waals surface area (Å²) in [4.78, 5) is 8.63. The van der Waals surface area contributed by atoms with E-state index in [0.717, 1.165) is 29.6 Å². The van der Waals surface area contributed by atoms with Crippen molar-refractivity contribution in [2.24, 2.45) is 0 Å². The Bertz CT molecular complexity index is 312. The van der Waals surface area contributed by atoms with E-state index in [0.29, 0.717) is 6.10 Å².